The maximum absolute atomic E-state index is 10.9. The van der Waals surface area contributed by atoms with Gasteiger partial charge in [0.25, 0.3) is 0 Å². The van der Waals surface area contributed by atoms with Crippen LogP contribution >= 0.6 is 11.6 Å². The molecule has 88 valence electrons. The van der Waals surface area contributed by atoms with Crippen LogP contribution in [0.2, 0.25) is 5.15 Å². The van der Waals surface area contributed by atoms with Gasteiger partial charge in [-0.1, -0.05) is 11.6 Å². The molecular weight excluding hydrogens is 232 g/mol. The Kier molecular flexibility index (Phi) is 4.00. The summed E-state index contributed by atoms with van der Waals surface area (Å²) in [5.41, 5.74) is -0.226. The van der Waals surface area contributed by atoms with Crippen LogP contribution in [0.3, 0.4) is 0 Å². The molecule has 0 radical (unpaired) electrons. The Hall–Kier alpha value is -1.43. The summed E-state index contributed by atoms with van der Waals surface area (Å²) in [5.74, 6) is 0.713. The third kappa shape index (κ3) is 2.38. The summed E-state index contributed by atoms with van der Waals surface area (Å²) >= 11 is 5.77. The average Bonchev–Trinajstić information content (AvgIpc) is 2.17. The van der Waals surface area contributed by atoms with Gasteiger partial charge in [0.05, 0.1) is 4.92 Å². The van der Waals surface area contributed by atoms with Crippen LogP contribution in [0.15, 0.2) is 0 Å². The fourth-order valence-corrected chi connectivity index (χ4v) is 1.69. The molecule has 0 spiro atoms. The lowest BCUT2D eigenvalue weighted by Gasteiger charge is -2.19. The highest BCUT2D eigenvalue weighted by atomic mass is 35.5. The molecule has 0 bridgehead atoms. The molecule has 1 aromatic heterocycles. The van der Waals surface area contributed by atoms with Gasteiger partial charge in [-0.25, -0.2) is 9.97 Å². The van der Waals surface area contributed by atoms with Crippen LogP contribution in [0.4, 0.5) is 11.5 Å². The number of aryl methyl sites for hydroxylation is 1. The number of halogens is 1. The number of hydrogen-bond donors (Lipinski definition) is 0. The van der Waals surface area contributed by atoms with Crippen molar-refractivity contribution in [2.24, 2.45) is 0 Å². The highest BCUT2D eigenvalue weighted by molar-refractivity contribution is 6.31. The molecule has 0 saturated heterocycles. The minimum Gasteiger partial charge on any atom is -0.351 e. The van der Waals surface area contributed by atoms with Crippen molar-refractivity contribution in [3.05, 3.63) is 21.1 Å². The van der Waals surface area contributed by atoms with Gasteiger partial charge in [-0.05, 0) is 20.8 Å². The van der Waals surface area contributed by atoms with Crippen molar-refractivity contribution in [1.29, 1.82) is 0 Å². The minimum atomic E-state index is -0.546. The van der Waals surface area contributed by atoms with Crippen LogP contribution in [-0.4, -0.2) is 28.0 Å². The standard InChI is InChI=1S/C9H13ClN4O2/c1-4-13(5-2)9-7(14(15)16)8(10)11-6(3)12-9/h4-5H2,1-3H3. The van der Waals surface area contributed by atoms with Crippen LogP contribution in [0.1, 0.15) is 19.7 Å². The molecule has 1 rings (SSSR count). The predicted molar refractivity (Wildman–Crippen MR) is 62.0 cm³/mol. The van der Waals surface area contributed by atoms with Crippen molar-refractivity contribution >= 4 is 23.1 Å². The van der Waals surface area contributed by atoms with Crippen molar-refractivity contribution in [3.8, 4) is 0 Å². The van der Waals surface area contributed by atoms with Gasteiger partial charge in [-0.2, -0.15) is 0 Å². The Balaban J connectivity index is 3.39. The third-order valence-corrected chi connectivity index (χ3v) is 2.44. The zero-order valence-electron chi connectivity index (χ0n) is 9.40. The second kappa shape index (κ2) is 5.07. The fraction of sp³-hybridized carbons (Fsp3) is 0.556. The summed E-state index contributed by atoms with van der Waals surface area (Å²) in [5, 5.41) is 10.8. The van der Waals surface area contributed by atoms with E-state index >= 15 is 0 Å². The molecule has 0 unspecified atom stereocenters. The van der Waals surface area contributed by atoms with Gasteiger partial charge in [0.15, 0.2) is 0 Å². The molecule has 0 aliphatic rings. The molecule has 6 nitrogen and oxygen atoms in total. The van der Waals surface area contributed by atoms with Gasteiger partial charge in [0, 0.05) is 13.1 Å². The van der Waals surface area contributed by atoms with Crippen LogP contribution in [0.5, 0.6) is 0 Å². The number of rotatable bonds is 4. The van der Waals surface area contributed by atoms with Gasteiger partial charge >= 0.3 is 5.69 Å². The van der Waals surface area contributed by atoms with E-state index in [4.69, 9.17) is 11.6 Å². The number of hydrogen-bond acceptors (Lipinski definition) is 5. The van der Waals surface area contributed by atoms with E-state index in [1.165, 1.54) is 0 Å². The summed E-state index contributed by atoms with van der Waals surface area (Å²) in [6.07, 6.45) is 0. The second-order valence-electron chi connectivity index (χ2n) is 3.16. The Morgan fingerprint density at radius 2 is 1.94 bits per heavy atom. The highest BCUT2D eigenvalue weighted by Gasteiger charge is 2.25. The van der Waals surface area contributed by atoms with Gasteiger partial charge in [-0.3, -0.25) is 10.1 Å². The summed E-state index contributed by atoms with van der Waals surface area (Å²) < 4.78 is 0. The molecule has 0 saturated carbocycles. The lowest BCUT2D eigenvalue weighted by Crippen LogP contribution is -2.24. The molecule has 16 heavy (non-hydrogen) atoms. The van der Waals surface area contributed by atoms with Gasteiger partial charge in [-0.15, -0.1) is 0 Å². The van der Waals surface area contributed by atoms with Gasteiger partial charge in [0.2, 0.25) is 11.0 Å². The smallest absolute Gasteiger partial charge is 0.348 e. The van der Waals surface area contributed by atoms with Crippen molar-refractivity contribution in [3.63, 3.8) is 0 Å². The van der Waals surface area contributed by atoms with Crippen LogP contribution < -0.4 is 4.90 Å². The average molecular weight is 245 g/mol. The van der Waals surface area contributed by atoms with Crippen LogP contribution in [-0.2, 0) is 0 Å². The Morgan fingerprint density at radius 3 is 2.38 bits per heavy atom. The van der Waals surface area contributed by atoms with Crippen LogP contribution in [0.25, 0.3) is 0 Å². The van der Waals surface area contributed by atoms with Gasteiger partial charge < -0.3 is 4.90 Å². The minimum absolute atomic E-state index is 0.112. The summed E-state index contributed by atoms with van der Waals surface area (Å²) in [4.78, 5) is 20.0. The first-order valence-corrected chi connectivity index (χ1v) is 5.32. The monoisotopic (exact) mass is 244 g/mol. The Morgan fingerprint density at radius 1 is 1.38 bits per heavy atom. The first-order valence-electron chi connectivity index (χ1n) is 4.94. The number of nitro groups is 1. The quantitative estimate of drug-likeness (QED) is 0.461. The van der Waals surface area contributed by atoms with E-state index in [0.29, 0.717) is 18.9 Å². The lowest BCUT2D eigenvalue weighted by molar-refractivity contribution is -0.384. The molecule has 0 aliphatic carbocycles. The topological polar surface area (TPSA) is 72.2 Å². The molecular formula is C9H13ClN4O2. The van der Waals surface area contributed by atoms with Crippen molar-refractivity contribution in [2.75, 3.05) is 18.0 Å². The molecule has 0 amide bonds. The van der Waals surface area contributed by atoms with E-state index in [2.05, 4.69) is 9.97 Å². The van der Waals surface area contributed by atoms with E-state index in [-0.39, 0.29) is 16.7 Å². The molecule has 1 aromatic rings. The molecule has 7 heteroatoms. The third-order valence-electron chi connectivity index (χ3n) is 2.18. The second-order valence-corrected chi connectivity index (χ2v) is 3.52. The molecule has 0 aromatic carbocycles. The van der Waals surface area contributed by atoms with Crippen molar-refractivity contribution < 1.29 is 4.92 Å². The largest absolute Gasteiger partial charge is 0.351 e. The zero-order chi connectivity index (χ0) is 12.3. The normalized spacial score (nSPS) is 10.2. The molecule has 0 atom stereocenters. The Bertz CT molecular complexity index is 407. The number of anilines is 1. The molecule has 0 N–H and O–H groups in total. The van der Waals surface area contributed by atoms with E-state index in [9.17, 15) is 10.1 Å². The molecule has 0 aliphatic heterocycles. The summed E-state index contributed by atoms with van der Waals surface area (Å²) in [7, 11) is 0. The first kappa shape index (κ1) is 12.6. The zero-order valence-corrected chi connectivity index (χ0v) is 10.2. The number of nitrogens with zero attached hydrogens (tertiary/aromatic N) is 4. The maximum atomic E-state index is 10.9. The predicted octanol–water partition coefficient (Wildman–Crippen LogP) is 2.19. The van der Waals surface area contributed by atoms with E-state index in [1.54, 1.807) is 11.8 Å². The summed E-state index contributed by atoms with van der Waals surface area (Å²) in [6.45, 7) is 6.72. The maximum Gasteiger partial charge on any atom is 0.348 e. The highest BCUT2D eigenvalue weighted by Crippen LogP contribution is 2.31. The van der Waals surface area contributed by atoms with E-state index in [0.717, 1.165) is 0 Å². The van der Waals surface area contributed by atoms with Crippen LogP contribution in [0, 0.1) is 17.0 Å². The molecule has 1 heterocycles. The SMILES string of the molecule is CCN(CC)c1nc(C)nc(Cl)c1[N+](=O)[O-]. The molecule has 0 fully saturated rings. The summed E-state index contributed by atoms with van der Waals surface area (Å²) in [6, 6.07) is 0. The van der Waals surface area contributed by atoms with E-state index < -0.39 is 4.92 Å². The van der Waals surface area contributed by atoms with Crippen molar-refractivity contribution in [2.45, 2.75) is 20.8 Å². The van der Waals surface area contributed by atoms with Crippen molar-refractivity contribution in [1.82, 2.24) is 9.97 Å². The fourth-order valence-electron chi connectivity index (χ4n) is 1.42. The van der Waals surface area contributed by atoms with E-state index in [1.807, 2.05) is 13.8 Å². The number of aromatic nitrogens is 2. The first-order chi connectivity index (χ1) is 7.51. The Labute approximate surface area is 98.4 Å². The van der Waals surface area contributed by atoms with Gasteiger partial charge in [0.1, 0.15) is 5.82 Å². The lowest BCUT2D eigenvalue weighted by atomic mass is 10.4.